The van der Waals surface area contributed by atoms with Crippen molar-refractivity contribution in [1.29, 1.82) is 0 Å². The van der Waals surface area contributed by atoms with Gasteiger partial charge < -0.3 is 9.94 Å². The first-order valence-corrected chi connectivity index (χ1v) is 12.4. The van der Waals surface area contributed by atoms with Gasteiger partial charge in [0.15, 0.2) is 0 Å². The van der Waals surface area contributed by atoms with E-state index in [0.717, 1.165) is 57.3 Å². The molecule has 1 heterocycles. The smallest absolute Gasteiger partial charge is 0.308 e. The molecule has 0 aromatic heterocycles. The number of oxime groups is 1. The Labute approximate surface area is 185 Å². The highest BCUT2D eigenvalue weighted by Crippen LogP contribution is 2.66. The van der Waals surface area contributed by atoms with E-state index in [0.29, 0.717) is 24.2 Å². The Morgan fingerprint density at radius 1 is 1.16 bits per heavy atom. The Balaban J connectivity index is 1.54. The molecule has 5 aliphatic rings. The average molecular weight is 431 g/mol. The molecule has 0 bridgehead atoms. The minimum absolute atomic E-state index is 0.105. The number of carbonyl (C=O) groups excluding carboxylic acids is 2. The van der Waals surface area contributed by atoms with Crippen LogP contribution in [0.5, 0.6) is 0 Å². The maximum atomic E-state index is 13.1. The van der Waals surface area contributed by atoms with E-state index in [1.165, 1.54) is 20.0 Å². The standard InChI is InChI=1S/C25H38N2O4/c1-24-9-8-19-22(18(24)6-7-21(24)28)17(23(29)31-3)13-15-12-16(27-10-4-5-11-27)14-20(26-30)25(15,19)2/h15-19,22,30H,4-14H2,1-3H3/t15?,16?,17?,18-,19+,22-,24-,25-/m0/s1. The number of ether oxygens (including phenoxy) is 1. The van der Waals surface area contributed by atoms with Crippen LogP contribution in [0, 0.1) is 40.4 Å². The molecule has 31 heavy (non-hydrogen) atoms. The number of nitrogens with zero attached hydrogens (tertiary/aromatic N) is 2. The number of ketones is 1. The number of Topliss-reactive ketones (excluding diaryl/α,β-unsaturated/α-hetero) is 1. The summed E-state index contributed by atoms with van der Waals surface area (Å²) in [5.41, 5.74) is 0.430. The van der Waals surface area contributed by atoms with Crippen LogP contribution in [0.4, 0.5) is 0 Å². The molecule has 3 unspecified atom stereocenters. The Kier molecular flexibility index (Phi) is 5.23. The molecule has 0 aromatic carbocycles. The normalized spacial score (nSPS) is 48.9. The van der Waals surface area contributed by atoms with Gasteiger partial charge in [-0.25, -0.2) is 0 Å². The van der Waals surface area contributed by atoms with Crippen molar-refractivity contribution >= 4 is 17.5 Å². The number of likely N-dealkylation sites (tertiary alicyclic amines) is 1. The van der Waals surface area contributed by atoms with Crippen molar-refractivity contribution in [2.75, 3.05) is 20.2 Å². The van der Waals surface area contributed by atoms with Crippen LogP contribution in [0.25, 0.3) is 0 Å². The molecule has 0 aromatic rings. The van der Waals surface area contributed by atoms with Gasteiger partial charge in [0.05, 0.1) is 18.7 Å². The van der Waals surface area contributed by atoms with E-state index in [4.69, 9.17) is 4.74 Å². The predicted molar refractivity (Wildman–Crippen MR) is 117 cm³/mol. The molecule has 4 aliphatic carbocycles. The summed E-state index contributed by atoms with van der Waals surface area (Å²) in [6.07, 6.45) is 8.50. The zero-order valence-corrected chi connectivity index (χ0v) is 19.3. The summed E-state index contributed by atoms with van der Waals surface area (Å²) >= 11 is 0. The van der Waals surface area contributed by atoms with E-state index in [9.17, 15) is 14.8 Å². The van der Waals surface area contributed by atoms with Crippen LogP contribution < -0.4 is 0 Å². The van der Waals surface area contributed by atoms with E-state index in [-0.39, 0.29) is 40.5 Å². The first-order chi connectivity index (χ1) is 14.8. The molecule has 6 heteroatoms. The third-order valence-corrected chi connectivity index (χ3v) is 10.6. The summed E-state index contributed by atoms with van der Waals surface area (Å²) in [5, 5.41) is 14.1. The van der Waals surface area contributed by atoms with Crippen LogP contribution >= 0.6 is 0 Å². The largest absolute Gasteiger partial charge is 0.469 e. The van der Waals surface area contributed by atoms with Gasteiger partial charge in [0, 0.05) is 29.7 Å². The number of carbonyl (C=O) groups is 2. The van der Waals surface area contributed by atoms with E-state index in [2.05, 4.69) is 23.9 Å². The van der Waals surface area contributed by atoms with Crippen LogP contribution in [0.15, 0.2) is 5.16 Å². The highest BCUT2D eigenvalue weighted by molar-refractivity contribution is 5.92. The summed E-state index contributed by atoms with van der Waals surface area (Å²) in [4.78, 5) is 28.5. The van der Waals surface area contributed by atoms with Crippen molar-refractivity contribution in [3.63, 3.8) is 0 Å². The minimum Gasteiger partial charge on any atom is -0.469 e. The average Bonchev–Trinajstić information content (AvgIpc) is 3.40. The van der Waals surface area contributed by atoms with Crippen LogP contribution in [0.3, 0.4) is 0 Å². The molecule has 4 saturated carbocycles. The molecule has 0 amide bonds. The first-order valence-electron chi connectivity index (χ1n) is 12.4. The topological polar surface area (TPSA) is 79.2 Å². The second-order valence-corrected chi connectivity index (χ2v) is 11.4. The van der Waals surface area contributed by atoms with Gasteiger partial charge in [-0.1, -0.05) is 19.0 Å². The maximum absolute atomic E-state index is 13.1. The van der Waals surface area contributed by atoms with E-state index < -0.39 is 0 Å². The Morgan fingerprint density at radius 2 is 1.90 bits per heavy atom. The molecule has 8 atom stereocenters. The van der Waals surface area contributed by atoms with E-state index in [1.54, 1.807) is 0 Å². The maximum Gasteiger partial charge on any atom is 0.308 e. The Bertz CT molecular complexity index is 790. The summed E-state index contributed by atoms with van der Waals surface area (Å²) in [7, 11) is 1.50. The lowest BCUT2D eigenvalue weighted by atomic mass is 9.42. The Morgan fingerprint density at radius 3 is 2.58 bits per heavy atom. The van der Waals surface area contributed by atoms with Crippen LogP contribution in [-0.2, 0) is 14.3 Å². The predicted octanol–water partition coefficient (Wildman–Crippen LogP) is 3.90. The van der Waals surface area contributed by atoms with Gasteiger partial charge in [0.25, 0.3) is 0 Å². The first kappa shape index (κ1) is 21.4. The minimum atomic E-state index is -0.306. The van der Waals surface area contributed by atoms with Crippen LogP contribution in [0.1, 0.15) is 71.6 Å². The molecule has 1 saturated heterocycles. The van der Waals surface area contributed by atoms with Crippen molar-refractivity contribution < 1.29 is 19.5 Å². The van der Waals surface area contributed by atoms with Gasteiger partial charge in [0.1, 0.15) is 5.78 Å². The van der Waals surface area contributed by atoms with E-state index >= 15 is 0 Å². The number of fused-ring (bicyclic) bond motifs is 5. The number of hydrogen-bond acceptors (Lipinski definition) is 6. The molecule has 1 N–H and O–H groups in total. The quantitative estimate of drug-likeness (QED) is 0.408. The molecular weight excluding hydrogens is 392 g/mol. The zero-order valence-electron chi connectivity index (χ0n) is 19.3. The molecule has 0 spiro atoms. The fourth-order valence-electron chi connectivity index (χ4n) is 8.82. The molecule has 5 rings (SSSR count). The lowest BCUT2D eigenvalue weighted by Crippen LogP contribution is -2.62. The highest BCUT2D eigenvalue weighted by Gasteiger charge is 2.65. The van der Waals surface area contributed by atoms with Gasteiger partial charge in [-0.05, 0) is 81.7 Å². The van der Waals surface area contributed by atoms with Crippen molar-refractivity contribution in [3.05, 3.63) is 0 Å². The van der Waals surface area contributed by atoms with Gasteiger partial charge >= 0.3 is 5.97 Å². The lowest BCUT2D eigenvalue weighted by Gasteiger charge is -2.62. The third-order valence-electron chi connectivity index (χ3n) is 10.6. The van der Waals surface area contributed by atoms with Crippen molar-refractivity contribution in [1.82, 2.24) is 4.90 Å². The second kappa shape index (κ2) is 7.57. The summed E-state index contributed by atoms with van der Waals surface area (Å²) in [6, 6.07) is 0.406. The monoisotopic (exact) mass is 430 g/mol. The molecule has 6 nitrogen and oxygen atoms in total. The molecule has 1 aliphatic heterocycles. The fraction of sp³-hybridized carbons (Fsp3) is 0.880. The molecule has 5 fully saturated rings. The number of esters is 1. The molecule has 0 radical (unpaired) electrons. The molecule has 172 valence electrons. The van der Waals surface area contributed by atoms with Crippen LogP contribution in [0.2, 0.25) is 0 Å². The lowest BCUT2D eigenvalue weighted by molar-refractivity contribution is -0.166. The summed E-state index contributed by atoms with van der Waals surface area (Å²) < 4.78 is 5.33. The van der Waals surface area contributed by atoms with Gasteiger partial charge in [-0.3, -0.25) is 14.5 Å². The highest BCUT2D eigenvalue weighted by atomic mass is 16.5. The van der Waals surface area contributed by atoms with E-state index in [1.807, 2.05) is 0 Å². The van der Waals surface area contributed by atoms with Crippen molar-refractivity contribution in [2.45, 2.75) is 77.7 Å². The van der Waals surface area contributed by atoms with Gasteiger partial charge in [-0.2, -0.15) is 0 Å². The fourth-order valence-corrected chi connectivity index (χ4v) is 8.82. The molecular formula is C25H38N2O4. The zero-order chi connectivity index (χ0) is 22.0. The summed E-state index contributed by atoms with van der Waals surface area (Å²) in [5.74, 6) is 1.07. The summed E-state index contributed by atoms with van der Waals surface area (Å²) in [6.45, 7) is 6.69. The second-order valence-electron chi connectivity index (χ2n) is 11.4. The number of rotatable bonds is 2. The Hall–Kier alpha value is -1.43. The SMILES string of the molecule is COC(=O)C1CC2CC(N3CCCC3)CC(=NO)[C@]2(C)[C@@H]2CC[C@]3(C)C(=O)CC[C@H]3[C@H]12. The van der Waals surface area contributed by atoms with Crippen molar-refractivity contribution in [2.24, 2.45) is 45.6 Å². The van der Waals surface area contributed by atoms with Gasteiger partial charge in [-0.15, -0.1) is 0 Å². The number of hydrogen-bond donors (Lipinski definition) is 1. The third kappa shape index (κ3) is 2.96. The van der Waals surface area contributed by atoms with Crippen molar-refractivity contribution in [3.8, 4) is 0 Å². The van der Waals surface area contributed by atoms with Gasteiger partial charge in [0.2, 0.25) is 0 Å². The van der Waals surface area contributed by atoms with Crippen LogP contribution in [-0.4, -0.2) is 53.8 Å². The number of methoxy groups -OCH3 is 1.